The van der Waals surface area contributed by atoms with Crippen molar-refractivity contribution in [2.75, 3.05) is 0 Å². The Morgan fingerprint density at radius 1 is 1.33 bits per heavy atom. The number of hydrogen-bond donors (Lipinski definition) is 1. The van der Waals surface area contributed by atoms with Gasteiger partial charge in [-0.05, 0) is 48.4 Å². The maximum absolute atomic E-state index is 10.9. The molecule has 2 nitrogen and oxygen atoms in total. The largest absolute Gasteiger partial charge is 0.481 e. The van der Waals surface area contributed by atoms with Crippen LogP contribution in [0.15, 0.2) is 12.1 Å². The predicted octanol–water partition coefficient (Wildman–Crippen LogP) is 3.97. The van der Waals surface area contributed by atoms with Gasteiger partial charge in [0.1, 0.15) is 0 Å². The van der Waals surface area contributed by atoms with Gasteiger partial charge in [0.05, 0.1) is 6.42 Å². The average Bonchev–Trinajstić information content (AvgIpc) is 2.27. The van der Waals surface area contributed by atoms with Crippen LogP contribution in [0.2, 0.25) is 5.02 Å². The number of rotatable bonds is 3. The molecule has 2 rings (SSSR count). The summed E-state index contributed by atoms with van der Waals surface area (Å²) in [7, 11) is 0. The van der Waals surface area contributed by atoms with Crippen molar-refractivity contribution in [3.05, 3.63) is 33.8 Å². The standard InChI is InChI=1S/C15H19ClO2/c1-15(2,9-14(17)18)11-7-10-5-3-4-6-12(10)13(16)8-11/h7-8H,3-6,9H2,1-2H3,(H,17,18). The van der Waals surface area contributed by atoms with Gasteiger partial charge in [-0.1, -0.05) is 31.5 Å². The fourth-order valence-corrected chi connectivity index (χ4v) is 3.02. The Balaban J connectivity index is 2.40. The second-order valence-electron chi connectivity index (χ2n) is 5.76. The zero-order valence-electron chi connectivity index (χ0n) is 10.9. The minimum Gasteiger partial charge on any atom is -0.481 e. The lowest BCUT2D eigenvalue weighted by atomic mass is 9.78. The Morgan fingerprint density at radius 3 is 2.67 bits per heavy atom. The van der Waals surface area contributed by atoms with Gasteiger partial charge in [0.2, 0.25) is 0 Å². The van der Waals surface area contributed by atoms with Crippen LogP contribution in [0.3, 0.4) is 0 Å². The molecule has 98 valence electrons. The van der Waals surface area contributed by atoms with E-state index in [2.05, 4.69) is 6.07 Å². The van der Waals surface area contributed by atoms with Crippen molar-refractivity contribution in [2.45, 2.75) is 51.4 Å². The van der Waals surface area contributed by atoms with Crippen molar-refractivity contribution in [3.63, 3.8) is 0 Å². The molecule has 3 heteroatoms. The summed E-state index contributed by atoms with van der Waals surface area (Å²) >= 11 is 6.34. The molecule has 0 saturated heterocycles. The molecular weight excluding hydrogens is 248 g/mol. The van der Waals surface area contributed by atoms with Crippen molar-refractivity contribution in [1.29, 1.82) is 0 Å². The van der Waals surface area contributed by atoms with E-state index in [4.69, 9.17) is 16.7 Å². The highest BCUT2D eigenvalue weighted by molar-refractivity contribution is 6.31. The number of aryl methyl sites for hydroxylation is 1. The van der Waals surface area contributed by atoms with E-state index in [1.807, 2.05) is 19.9 Å². The van der Waals surface area contributed by atoms with Gasteiger partial charge in [0.15, 0.2) is 0 Å². The van der Waals surface area contributed by atoms with Crippen molar-refractivity contribution >= 4 is 17.6 Å². The second-order valence-corrected chi connectivity index (χ2v) is 6.16. The van der Waals surface area contributed by atoms with Crippen LogP contribution in [0.5, 0.6) is 0 Å². The van der Waals surface area contributed by atoms with Crippen LogP contribution in [0.25, 0.3) is 0 Å². The van der Waals surface area contributed by atoms with Crippen LogP contribution in [-0.2, 0) is 23.1 Å². The van der Waals surface area contributed by atoms with Gasteiger partial charge in [0.25, 0.3) is 0 Å². The first-order valence-electron chi connectivity index (χ1n) is 6.44. The Kier molecular flexibility index (Phi) is 3.67. The van der Waals surface area contributed by atoms with Crippen LogP contribution >= 0.6 is 11.6 Å². The maximum Gasteiger partial charge on any atom is 0.304 e. The normalized spacial score (nSPS) is 15.3. The molecule has 1 aliphatic carbocycles. The van der Waals surface area contributed by atoms with Crippen LogP contribution in [0.1, 0.15) is 49.8 Å². The van der Waals surface area contributed by atoms with Crippen molar-refractivity contribution in [2.24, 2.45) is 0 Å². The SMILES string of the molecule is CC(C)(CC(=O)O)c1cc(Cl)c2c(c1)CCCC2. The van der Waals surface area contributed by atoms with Crippen LogP contribution in [-0.4, -0.2) is 11.1 Å². The molecule has 1 aromatic carbocycles. The highest BCUT2D eigenvalue weighted by atomic mass is 35.5. The lowest BCUT2D eigenvalue weighted by Crippen LogP contribution is -2.22. The quantitative estimate of drug-likeness (QED) is 0.899. The fourth-order valence-electron chi connectivity index (χ4n) is 2.68. The summed E-state index contributed by atoms with van der Waals surface area (Å²) in [5.74, 6) is -0.770. The Bertz CT molecular complexity index is 478. The summed E-state index contributed by atoms with van der Waals surface area (Å²) in [6.07, 6.45) is 4.64. The second kappa shape index (κ2) is 4.93. The summed E-state index contributed by atoms with van der Waals surface area (Å²) in [5.41, 5.74) is 3.23. The van der Waals surface area contributed by atoms with Crippen LogP contribution in [0.4, 0.5) is 0 Å². The molecule has 0 spiro atoms. The maximum atomic E-state index is 10.9. The van der Waals surface area contributed by atoms with E-state index in [1.165, 1.54) is 24.0 Å². The van der Waals surface area contributed by atoms with Crippen molar-refractivity contribution < 1.29 is 9.90 Å². The number of carbonyl (C=O) groups is 1. The lowest BCUT2D eigenvalue weighted by molar-refractivity contribution is -0.138. The lowest BCUT2D eigenvalue weighted by Gasteiger charge is -2.27. The van der Waals surface area contributed by atoms with Gasteiger partial charge in [-0.2, -0.15) is 0 Å². The van der Waals surface area contributed by atoms with E-state index >= 15 is 0 Å². The smallest absolute Gasteiger partial charge is 0.304 e. The third-order valence-corrected chi connectivity index (χ3v) is 4.12. The monoisotopic (exact) mass is 266 g/mol. The van der Waals surface area contributed by atoms with E-state index in [1.54, 1.807) is 0 Å². The molecule has 18 heavy (non-hydrogen) atoms. The van der Waals surface area contributed by atoms with Gasteiger partial charge < -0.3 is 5.11 Å². The van der Waals surface area contributed by atoms with Gasteiger partial charge in [0, 0.05) is 10.4 Å². The first-order valence-corrected chi connectivity index (χ1v) is 6.81. The summed E-state index contributed by atoms with van der Waals surface area (Å²) in [6.45, 7) is 3.92. The highest BCUT2D eigenvalue weighted by Gasteiger charge is 2.26. The Hall–Kier alpha value is -1.02. The first kappa shape index (κ1) is 13.4. The molecule has 0 saturated carbocycles. The number of aliphatic carboxylic acids is 1. The number of halogens is 1. The van der Waals surface area contributed by atoms with E-state index < -0.39 is 5.97 Å². The molecule has 0 radical (unpaired) electrons. The zero-order valence-corrected chi connectivity index (χ0v) is 11.7. The molecule has 0 fully saturated rings. The van der Waals surface area contributed by atoms with E-state index in [0.717, 1.165) is 23.4 Å². The highest BCUT2D eigenvalue weighted by Crippen LogP contribution is 2.35. The molecule has 1 aromatic rings. The summed E-state index contributed by atoms with van der Waals surface area (Å²) < 4.78 is 0. The molecule has 1 aliphatic rings. The van der Waals surface area contributed by atoms with E-state index in [-0.39, 0.29) is 11.8 Å². The van der Waals surface area contributed by atoms with Gasteiger partial charge in [-0.25, -0.2) is 0 Å². The predicted molar refractivity (Wildman–Crippen MR) is 73.4 cm³/mol. The minimum atomic E-state index is -0.770. The Morgan fingerprint density at radius 2 is 2.00 bits per heavy atom. The van der Waals surface area contributed by atoms with Gasteiger partial charge >= 0.3 is 5.97 Å². The molecule has 0 aliphatic heterocycles. The number of fused-ring (bicyclic) bond motifs is 1. The number of benzene rings is 1. The molecular formula is C15H19ClO2. The molecule has 0 bridgehead atoms. The molecule has 0 aromatic heterocycles. The zero-order chi connectivity index (χ0) is 13.3. The third-order valence-electron chi connectivity index (χ3n) is 3.79. The van der Waals surface area contributed by atoms with Crippen LogP contribution < -0.4 is 0 Å². The van der Waals surface area contributed by atoms with Gasteiger partial charge in [-0.3, -0.25) is 4.79 Å². The average molecular weight is 267 g/mol. The number of carboxylic acid groups (broad SMARTS) is 1. The third kappa shape index (κ3) is 2.69. The number of hydrogen-bond acceptors (Lipinski definition) is 1. The molecule has 0 unspecified atom stereocenters. The van der Waals surface area contributed by atoms with Gasteiger partial charge in [-0.15, -0.1) is 0 Å². The van der Waals surface area contributed by atoms with Crippen LogP contribution in [0, 0.1) is 0 Å². The first-order chi connectivity index (χ1) is 8.40. The number of carboxylic acids is 1. The Labute approximate surface area is 113 Å². The summed E-state index contributed by atoms with van der Waals surface area (Å²) in [4.78, 5) is 10.9. The van der Waals surface area contributed by atoms with Crippen molar-refractivity contribution in [3.8, 4) is 0 Å². The summed E-state index contributed by atoms with van der Waals surface area (Å²) in [5, 5.41) is 9.79. The molecule has 0 heterocycles. The topological polar surface area (TPSA) is 37.3 Å². The molecule has 0 atom stereocenters. The molecule has 0 amide bonds. The minimum absolute atomic E-state index is 0.127. The fraction of sp³-hybridized carbons (Fsp3) is 0.533. The van der Waals surface area contributed by atoms with E-state index in [9.17, 15) is 4.79 Å². The van der Waals surface area contributed by atoms with E-state index in [0.29, 0.717) is 0 Å². The molecule has 1 N–H and O–H groups in total. The summed E-state index contributed by atoms with van der Waals surface area (Å²) in [6, 6.07) is 4.11. The van der Waals surface area contributed by atoms with Crippen molar-refractivity contribution in [1.82, 2.24) is 0 Å².